The van der Waals surface area contributed by atoms with E-state index in [1.54, 1.807) is 0 Å². The van der Waals surface area contributed by atoms with E-state index < -0.39 is 0 Å². The van der Waals surface area contributed by atoms with Gasteiger partial charge in [-0.25, -0.2) is 4.79 Å². The lowest BCUT2D eigenvalue weighted by Gasteiger charge is -2.30. The molecule has 2 aromatic rings. The van der Waals surface area contributed by atoms with Crippen LogP contribution in [0.25, 0.3) is 5.57 Å². The monoisotopic (exact) mass is 335 g/mol. The maximum atomic E-state index is 11.9. The number of ether oxygens (including phenoxy) is 1. The third-order valence-electron chi connectivity index (χ3n) is 4.64. The van der Waals surface area contributed by atoms with E-state index in [-0.39, 0.29) is 6.09 Å². The Morgan fingerprint density at radius 3 is 2.00 bits per heavy atom. The van der Waals surface area contributed by atoms with Crippen LogP contribution in [0.2, 0.25) is 0 Å². The van der Waals surface area contributed by atoms with Crippen molar-refractivity contribution in [3.8, 4) is 0 Å². The average molecular weight is 335 g/mol. The van der Waals surface area contributed by atoms with Gasteiger partial charge in [0.2, 0.25) is 0 Å². The number of allylic oxidation sites excluding steroid dienone is 1. The van der Waals surface area contributed by atoms with Crippen LogP contribution >= 0.6 is 0 Å². The molecular weight excluding hydrogens is 310 g/mol. The van der Waals surface area contributed by atoms with Crippen LogP contribution in [0.15, 0.2) is 66.7 Å². The van der Waals surface area contributed by atoms with Gasteiger partial charge in [-0.2, -0.15) is 0 Å². The summed E-state index contributed by atoms with van der Waals surface area (Å²) in [4.78, 5) is 13.7. The Bertz CT molecular complexity index is 660. The van der Waals surface area contributed by atoms with Gasteiger partial charge in [0, 0.05) is 13.1 Å². The maximum Gasteiger partial charge on any atom is 0.409 e. The number of carbonyl (C=O) groups excluding carboxylic acids is 1. The largest absolute Gasteiger partial charge is 0.450 e. The second-order valence-electron chi connectivity index (χ2n) is 6.34. The molecule has 0 atom stereocenters. The first-order valence-corrected chi connectivity index (χ1v) is 9.02. The van der Waals surface area contributed by atoms with Crippen molar-refractivity contribution in [1.82, 2.24) is 4.90 Å². The highest BCUT2D eigenvalue weighted by Gasteiger charge is 2.23. The Kier molecular flexibility index (Phi) is 5.89. The van der Waals surface area contributed by atoms with E-state index in [0.29, 0.717) is 12.5 Å². The van der Waals surface area contributed by atoms with E-state index in [9.17, 15) is 4.79 Å². The molecule has 25 heavy (non-hydrogen) atoms. The van der Waals surface area contributed by atoms with Crippen molar-refractivity contribution >= 4 is 11.7 Å². The Morgan fingerprint density at radius 1 is 1.00 bits per heavy atom. The molecule has 0 aliphatic carbocycles. The highest BCUT2D eigenvalue weighted by atomic mass is 16.6. The van der Waals surface area contributed by atoms with Crippen molar-refractivity contribution in [2.24, 2.45) is 5.92 Å². The first-order valence-electron chi connectivity index (χ1n) is 9.02. The van der Waals surface area contributed by atoms with Crippen LogP contribution < -0.4 is 0 Å². The lowest BCUT2D eigenvalue weighted by molar-refractivity contribution is 0.0954. The first kappa shape index (κ1) is 17.3. The SMILES string of the molecule is CCOC(=O)N1CCC(C=C(c2ccccc2)c2ccccc2)CC1. The number of hydrogen-bond donors (Lipinski definition) is 0. The number of nitrogens with zero attached hydrogens (tertiary/aromatic N) is 1. The highest BCUT2D eigenvalue weighted by Crippen LogP contribution is 2.28. The van der Waals surface area contributed by atoms with Crippen molar-refractivity contribution in [2.45, 2.75) is 19.8 Å². The van der Waals surface area contributed by atoms with Crippen molar-refractivity contribution in [1.29, 1.82) is 0 Å². The quantitative estimate of drug-likeness (QED) is 0.788. The molecule has 130 valence electrons. The fraction of sp³-hybridized carbons (Fsp3) is 0.318. The summed E-state index contributed by atoms with van der Waals surface area (Å²) >= 11 is 0. The molecule has 0 spiro atoms. The normalized spacial score (nSPS) is 14.8. The smallest absolute Gasteiger partial charge is 0.409 e. The predicted molar refractivity (Wildman–Crippen MR) is 101 cm³/mol. The molecule has 0 N–H and O–H groups in total. The van der Waals surface area contributed by atoms with Crippen LogP contribution in [0.3, 0.4) is 0 Å². The average Bonchev–Trinajstić information content (AvgIpc) is 2.68. The Hall–Kier alpha value is -2.55. The van der Waals surface area contributed by atoms with Gasteiger partial charge in [0.05, 0.1) is 6.61 Å². The van der Waals surface area contributed by atoms with Gasteiger partial charge in [0.25, 0.3) is 0 Å². The lowest BCUT2D eigenvalue weighted by Crippen LogP contribution is -2.38. The van der Waals surface area contributed by atoms with Gasteiger partial charge in [-0.3, -0.25) is 0 Å². The summed E-state index contributed by atoms with van der Waals surface area (Å²) in [5.41, 5.74) is 3.75. The Labute approximate surface area is 149 Å². The minimum Gasteiger partial charge on any atom is -0.450 e. The minimum atomic E-state index is -0.184. The molecule has 3 nitrogen and oxygen atoms in total. The standard InChI is InChI=1S/C22H25NO2/c1-2-25-22(24)23-15-13-18(14-16-23)17-21(19-9-5-3-6-10-19)20-11-7-4-8-12-20/h3-12,17-18H,2,13-16H2,1H3. The van der Waals surface area contributed by atoms with Crippen molar-refractivity contribution in [3.63, 3.8) is 0 Å². The van der Waals surface area contributed by atoms with Gasteiger partial charge in [-0.05, 0) is 42.4 Å². The number of carbonyl (C=O) groups is 1. The molecule has 0 radical (unpaired) electrons. The van der Waals surface area contributed by atoms with Crippen molar-refractivity contribution in [3.05, 3.63) is 77.9 Å². The number of benzene rings is 2. The summed E-state index contributed by atoms with van der Waals surface area (Å²) in [6.45, 7) is 3.80. The van der Waals surface area contributed by atoms with E-state index in [2.05, 4.69) is 54.6 Å². The molecule has 2 aromatic carbocycles. The van der Waals surface area contributed by atoms with Gasteiger partial charge < -0.3 is 9.64 Å². The molecule has 1 saturated heterocycles. The zero-order chi connectivity index (χ0) is 17.5. The molecule has 3 heteroatoms. The minimum absolute atomic E-state index is 0.184. The molecule has 0 saturated carbocycles. The molecule has 1 heterocycles. The van der Waals surface area contributed by atoms with Gasteiger partial charge in [-0.1, -0.05) is 66.7 Å². The van der Waals surface area contributed by atoms with Crippen molar-refractivity contribution in [2.75, 3.05) is 19.7 Å². The van der Waals surface area contributed by atoms with Gasteiger partial charge in [0.15, 0.2) is 0 Å². The zero-order valence-corrected chi connectivity index (χ0v) is 14.7. The number of likely N-dealkylation sites (tertiary alicyclic amines) is 1. The summed E-state index contributed by atoms with van der Waals surface area (Å²) in [5.74, 6) is 0.473. The summed E-state index contributed by atoms with van der Waals surface area (Å²) in [7, 11) is 0. The van der Waals surface area contributed by atoms with Crippen LogP contribution in [-0.4, -0.2) is 30.7 Å². The van der Waals surface area contributed by atoms with Gasteiger partial charge in [0.1, 0.15) is 0 Å². The maximum absolute atomic E-state index is 11.9. The first-order chi connectivity index (χ1) is 12.3. The predicted octanol–water partition coefficient (Wildman–Crippen LogP) is 4.99. The van der Waals surface area contributed by atoms with Crippen LogP contribution in [0.4, 0.5) is 4.79 Å². The Balaban J connectivity index is 1.78. The van der Waals surface area contributed by atoms with Crippen LogP contribution in [0.5, 0.6) is 0 Å². The summed E-state index contributed by atoms with van der Waals surface area (Å²) in [5, 5.41) is 0. The molecule has 0 aromatic heterocycles. The summed E-state index contributed by atoms with van der Waals surface area (Å²) < 4.78 is 5.11. The summed E-state index contributed by atoms with van der Waals surface area (Å²) in [6.07, 6.45) is 4.15. The van der Waals surface area contributed by atoms with Crippen LogP contribution in [0.1, 0.15) is 30.9 Å². The molecule has 0 bridgehead atoms. The van der Waals surface area contributed by atoms with E-state index in [4.69, 9.17) is 4.74 Å². The second-order valence-corrected chi connectivity index (χ2v) is 6.34. The summed E-state index contributed by atoms with van der Waals surface area (Å²) in [6, 6.07) is 21.0. The molecule has 1 aliphatic heterocycles. The fourth-order valence-electron chi connectivity index (χ4n) is 3.29. The molecule has 0 unspecified atom stereocenters. The molecular formula is C22H25NO2. The molecule has 1 aliphatic rings. The number of rotatable bonds is 4. The molecule has 1 amide bonds. The topological polar surface area (TPSA) is 29.5 Å². The van der Waals surface area contributed by atoms with Crippen LogP contribution in [-0.2, 0) is 4.74 Å². The zero-order valence-electron chi connectivity index (χ0n) is 14.7. The van der Waals surface area contributed by atoms with Gasteiger partial charge in [-0.15, -0.1) is 0 Å². The number of hydrogen-bond acceptors (Lipinski definition) is 2. The van der Waals surface area contributed by atoms with E-state index in [0.717, 1.165) is 25.9 Å². The Morgan fingerprint density at radius 2 is 1.52 bits per heavy atom. The van der Waals surface area contributed by atoms with Gasteiger partial charge >= 0.3 is 6.09 Å². The van der Waals surface area contributed by atoms with E-state index in [1.165, 1.54) is 16.7 Å². The highest BCUT2D eigenvalue weighted by molar-refractivity contribution is 5.79. The number of piperidine rings is 1. The second kappa shape index (κ2) is 8.52. The molecule has 3 rings (SSSR count). The number of amides is 1. The van der Waals surface area contributed by atoms with E-state index in [1.807, 2.05) is 24.0 Å². The van der Waals surface area contributed by atoms with Crippen molar-refractivity contribution < 1.29 is 9.53 Å². The lowest BCUT2D eigenvalue weighted by atomic mass is 9.89. The fourth-order valence-corrected chi connectivity index (χ4v) is 3.29. The molecule has 1 fully saturated rings. The third-order valence-corrected chi connectivity index (χ3v) is 4.64. The third kappa shape index (κ3) is 4.50. The van der Waals surface area contributed by atoms with E-state index >= 15 is 0 Å². The van der Waals surface area contributed by atoms with Crippen LogP contribution in [0, 0.1) is 5.92 Å².